The Morgan fingerprint density at radius 1 is 1.07 bits per heavy atom. The number of hydrogen-bond donors (Lipinski definition) is 2. The number of benzene rings is 1. The number of imidazole rings is 1. The van der Waals surface area contributed by atoms with Crippen LogP contribution in [0.25, 0.3) is 11.0 Å². The minimum Gasteiger partial charge on any atom is -0.497 e. The molecule has 0 radical (unpaired) electrons. The highest BCUT2D eigenvalue weighted by molar-refractivity contribution is 5.87. The van der Waals surface area contributed by atoms with Gasteiger partial charge < -0.3 is 20.4 Å². The summed E-state index contributed by atoms with van der Waals surface area (Å²) < 4.78 is 7.24. The molecule has 0 spiro atoms. The molecule has 0 saturated heterocycles. The highest BCUT2D eigenvalue weighted by atomic mass is 16.5. The smallest absolute Gasteiger partial charge is 0.166 e. The van der Waals surface area contributed by atoms with Crippen molar-refractivity contribution in [2.75, 3.05) is 18.2 Å². The van der Waals surface area contributed by atoms with E-state index in [4.69, 9.17) is 10.5 Å². The van der Waals surface area contributed by atoms with Gasteiger partial charge in [0.15, 0.2) is 5.65 Å². The number of nitrogen functional groups attached to an aromatic ring is 1. The summed E-state index contributed by atoms with van der Waals surface area (Å²) in [4.78, 5) is 17.4. The third kappa shape index (κ3) is 3.24. The van der Waals surface area contributed by atoms with Crippen LogP contribution < -0.4 is 15.8 Å². The first-order chi connectivity index (χ1) is 13.2. The van der Waals surface area contributed by atoms with Gasteiger partial charge in [0, 0.05) is 19.4 Å². The number of aromatic nitrogens is 5. The Kier molecular flexibility index (Phi) is 4.29. The SMILES string of the molecule is COc1ccc(C(Nc2ncnc3nc(N)ccc23)c2nccn2C)cc1. The highest BCUT2D eigenvalue weighted by Crippen LogP contribution is 2.29. The number of pyridine rings is 1. The number of aryl methyl sites for hydroxylation is 1. The van der Waals surface area contributed by atoms with Gasteiger partial charge in [0.25, 0.3) is 0 Å². The summed E-state index contributed by atoms with van der Waals surface area (Å²) in [7, 11) is 3.61. The number of fused-ring (bicyclic) bond motifs is 1. The van der Waals surface area contributed by atoms with Gasteiger partial charge in [-0.2, -0.15) is 0 Å². The van der Waals surface area contributed by atoms with E-state index >= 15 is 0 Å². The summed E-state index contributed by atoms with van der Waals surface area (Å²) in [5, 5.41) is 4.27. The second kappa shape index (κ2) is 6.91. The Labute approximate surface area is 156 Å². The minimum atomic E-state index is -0.216. The minimum absolute atomic E-state index is 0.216. The van der Waals surface area contributed by atoms with Gasteiger partial charge in [0.1, 0.15) is 35.6 Å². The topological polar surface area (TPSA) is 104 Å². The number of ether oxygens (including phenoxy) is 1. The van der Waals surface area contributed by atoms with Crippen molar-refractivity contribution in [1.29, 1.82) is 0 Å². The molecule has 3 heterocycles. The van der Waals surface area contributed by atoms with Crippen molar-refractivity contribution in [2.24, 2.45) is 7.05 Å². The van der Waals surface area contributed by atoms with Crippen LogP contribution in [0.5, 0.6) is 5.75 Å². The number of hydrogen-bond acceptors (Lipinski definition) is 7. The fourth-order valence-corrected chi connectivity index (χ4v) is 2.96. The van der Waals surface area contributed by atoms with Gasteiger partial charge in [-0.15, -0.1) is 0 Å². The fraction of sp³-hybridized carbons (Fsp3) is 0.158. The zero-order valence-electron chi connectivity index (χ0n) is 15.0. The molecule has 3 N–H and O–H groups in total. The average molecular weight is 361 g/mol. The Bertz CT molecular complexity index is 1080. The molecule has 8 heteroatoms. The van der Waals surface area contributed by atoms with Crippen LogP contribution in [0.15, 0.2) is 55.1 Å². The van der Waals surface area contributed by atoms with E-state index in [0.717, 1.165) is 22.5 Å². The summed E-state index contributed by atoms with van der Waals surface area (Å²) in [6.07, 6.45) is 5.16. The van der Waals surface area contributed by atoms with Crippen LogP contribution >= 0.6 is 0 Å². The third-order valence-electron chi connectivity index (χ3n) is 4.37. The summed E-state index contributed by atoms with van der Waals surface area (Å²) in [5.74, 6) is 2.74. The molecular weight excluding hydrogens is 342 g/mol. The number of nitrogens with zero attached hydrogens (tertiary/aromatic N) is 5. The maximum Gasteiger partial charge on any atom is 0.166 e. The van der Waals surface area contributed by atoms with Gasteiger partial charge in [-0.05, 0) is 29.8 Å². The van der Waals surface area contributed by atoms with Gasteiger partial charge in [-0.25, -0.2) is 19.9 Å². The molecule has 1 aromatic carbocycles. The van der Waals surface area contributed by atoms with Crippen LogP contribution in [0.1, 0.15) is 17.4 Å². The number of nitrogens with one attached hydrogen (secondary N) is 1. The average Bonchev–Trinajstić information content (AvgIpc) is 3.11. The van der Waals surface area contributed by atoms with Crippen molar-refractivity contribution in [3.05, 3.63) is 66.5 Å². The molecule has 0 amide bonds. The number of rotatable bonds is 5. The molecule has 1 atom stereocenters. The van der Waals surface area contributed by atoms with E-state index in [1.54, 1.807) is 19.4 Å². The molecule has 4 aromatic rings. The van der Waals surface area contributed by atoms with Crippen LogP contribution in [-0.4, -0.2) is 31.6 Å². The molecule has 0 aliphatic rings. The van der Waals surface area contributed by atoms with Crippen molar-refractivity contribution in [3.63, 3.8) is 0 Å². The molecule has 0 bridgehead atoms. The molecule has 8 nitrogen and oxygen atoms in total. The lowest BCUT2D eigenvalue weighted by atomic mass is 10.1. The predicted octanol–water partition coefficient (Wildman–Crippen LogP) is 2.55. The maximum absolute atomic E-state index is 5.77. The molecule has 1 unspecified atom stereocenters. The summed E-state index contributed by atoms with van der Waals surface area (Å²) >= 11 is 0. The molecule has 3 aromatic heterocycles. The third-order valence-corrected chi connectivity index (χ3v) is 4.37. The van der Waals surface area contributed by atoms with E-state index in [0.29, 0.717) is 17.3 Å². The first-order valence-corrected chi connectivity index (χ1v) is 8.40. The number of methoxy groups -OCH3 is 1. The monoisotopic (exact) mass is 361 g/mol. The van der Waals surface area contributed by atoms with Crippen LogP contribution in [0.2, 0.25) is 0 Å². The first kappa shape index (κ1) is 16.8. The molecule has 0 fully saturated rings. The molecule has 27 heavy (non-hydrogen) atoms. The van der Waals surface area contributed by atoms with Crippen molar-refractivity contribution < 1.29 is 4.74 Å². The van der Waals surface area contributed by atoms with Crippen LogP contribution in [0.4, 0.5) is 11.6 Å². The molecular formula is C19H19N7O. The summed E-state index contributed by atoms with van der Waals surface area (Å²) in [6, 6.07) is 11.2. The van der Waals surface area contributed by atoms with Crippen LogP contribution in [-0.2, 0) is 7.05 Å². The fourth-order valence-electron chi connectivity index (χ4n) is 2.96. The van der Waals surface area contributed by atoms with Gasteiger partial charge in [-0.3, -0.25) is 0 Å². The van der Waals surface area contributed by atoms with E-state index in [9.17, 15) is 0 Å². The van der Waals surface area contributed by atoms with Gasteiger partial charge in [0.05, 0.1) is 12.5 Å². The number of anilines is 2. The normalized spacial score (nSPS) is 12.1. The molecule has 0 aliphatic carbocycles. The van der Waals surface area contributed by atoms with Crippen molar-refractivity contribution in [1.82, 2.24) is 24.5 Å². The lowest BCUT2D eigenvalue weighted by Gasteiger charge is -2.20. The Morgan fingerprint density at radius 3 is 2.59 bits per heavy atom. The van der Waals surface area contributed by atoms with E-state index in [1.807, 2.05) is 48.1 Å². The van der Waals surface area contributed by atoms with Crippen LogP contribution in [0.3, 0.4) is 0 Å². The molecule has 0 aliphatic heterocycles. The molecule has 136 valence electrons. The van der Waals surface area contributed by atoms with E-state index < -0.39 is 0 Å². The Hall–Kier alpha value is -3.68. The lowest BCUT2D eigenvalue weighted by molar-refractivity contribution is 0.414. The van der Waals surface area contributed by atoms with E-state index in [-0.39, 0.29) is 6.04 Å². The zero-order valence-corrected chi connectivity index (χ0v) is 15.0. The predicted molar refractivity (Wildman–Crippen MR) is 103 cm³/mol. The van der Waals surface area contributed by atoms with Crippen molar-refractivity contribution >= 4 is 22.7 Å². The second-order valence-electron chi connectivity index (χ2n) is 6.08. The molecule has 4 rings (SSSR count). The van der Waals surface area contributed by atoms with Crippen LogP contribution in [0, 0.1) is 0 Å². The van der Waals surface area contributed by atoms with Gasteiger partial charge in [-0.1, -0.05) is 12.1 Å². The van der Waals surface area contributed by atoms with E-state index in [2.05, 4.69) is 25.3 Å². The summed E-state index contributed by atoms with van der Waals surface area (Å²) in [5.41, 5.74) is 7.34. The lowest BCUT2D eigenvalue weighted by Crippen LogP contribution is -2.18. The Balaban J connectivity index is 1.79. The van der Waals surface area contributed by atoms with Gasteiger partial charge >= 0.3 is 0 Å². The van der Waals surface area contributed by atoms with E-state index in [1.165, 1.54) is 6.33 Å². The largest absolute Gasteiger partial charge is 0.497 e. The number of nitrogens with two attached hydrogens (primary N) is 1. The second-order valence-corrected chi connectivity index (χ2v) is 6.08. The van der Waals surface area contributed by atoms with Crippen molar-refractivity contribution in [2.45, 2.75) is 6.04 Å². The maximum atomic E-state index is 5.77. The summed E-state index contributed by atoms with van der Waals surface area (Å²) in [6.45, 7) is 0. The highest BCUT2D eigenvalue weighted by Gasteiger charge is 2.20. The quantitative estimate of drug-likeness (QED) is 0.563. The molecule has 0 saturated carbocycles. The van der Waals surface area contributed by atoms with Gasteiger partial charge in [0.2, 0.25) is 0 Å². The standard InChI is InChI=1S/C19H19N7O/c1-26-10-9-21-19(26)16(12-3-5-13(27-2)6-4-12)25-18-14-7-8-15(20)24-17(14)22-11-23-18/h3-11,16H,1-2H3,(H3,20,22,23,24,25). The zero-order chi connectivity index (χ0) is 18.8. The first-order valence-electron chi connectivity index (χ1n) is 8.40. The Morgan fingerprint density at radius 2 is 1.89 bits per heavy atom. The van der Waals surface area contributed by atoms with Crippen molar-refractivity contribution in [3.8, 4) is 5.75 Å².